The van der Waals surface area contributed by atoms with Crippen LogP contribution in [0, 0.1) is 0 Å². The van der Waals surface area contributed by atoms with E-state index >= 15 is 0 Å². The van der Waals surface area contributed by atoms with Gasteiger partial charge in [-0.3, -0.25) is 0 Å². The van der Waals surface area contributed by atoms with Gasteiger partial charge in [0.05, 0.1) is 0 Å². The third kappa shape index (κ3) is 1.45. The molecule has 0 saturated heterocycles. The fraction of sp³-hybridized carbons (Fsp3) is 0.800. The van der Waals surface area contributed by atoms with Gasteiger partial charge in [0.1, 0.15) is 20.2 Å². The molecule has 1 heterocycles. The summed E-state index contributed by atoms with van der Waals surface area (Å²) < 4.78 is 0. The maximum absolute atomic E-state index is 4.11. The molecule has 1 rings (SSSR count). The van der Waals surface area contributed by atoms with Gasteiger partial charge in [0, 0.05) is 0 Å². The van der Waals surface area contributed by atoms with Crippen molar-refractivity contribution in [1.29, 1.82) is 0 Å². The van der Waals surface area contributed by atoms with Crippen molar-refractivity contribution >= 4 is 14.4 Å². The Bertz CT molecular complexity index is 144. The van der Waals surface area contributed by atoms with Crippen molar-refractivity contribution < 1.29 is 0 Å². The van der Waals surface area contributed by atoms with Crippen LogP contribution in [0.1, 0.15) is 0 Å². The third-order valence-electron chi connectivity index (χ3n) is 1.21. The summed E-state index contributed by atoms with van der Waals surface area (Å²) in [6, 6.07) is 0. The molecule has 3 nitrogen and oxygen atoms in total. The average Bonchev–Trinajstić information content (AvgIpc) is 2.08. The maximum Gasteiger partial charge on any atom is 0.148 e. The van der Waals surface area contributed by atoms with Crippen LogP contribution in [-0.2, 0) is 0 Å². The molecule has 1 unspecified atom stereocenters. The predicted octanol–water partition coefficient (Wildman–Crippen LogP) is 1.68. The van der Waals surface area contributed by atoms with Gasteiger partial charge in [0.25, 0.3) is 0 Å². The largest absolute Gasteiger partial charge is 0.247 e. The lowest BCUT2D eigenvalue weighted by molar-refractivity contribution is 0.912. The first-order chi connectivity index (χ1) is 4.11. The van der Waals surface area contributed by atoms with Gasteiger partial charge in [-0.1, -0.05) is 19.6 Å². The van der Waals surface area contributed by atoms with E-state index in [0.717, 1.165) is 0 Å². The number of hydrogen-bond donors (Lipinski definition) is 0. The molecule has 50 valence electrons. The van der Waals surface area contributed by atoms with E-state index in [0.29, 0.717) is 0 Å². The van der Waals surface area contributed by atoms with E-state index in [9.17, 15) is 0 Å². The highest BCUT2D eigenvalue weighted by Crippen LogP contribution is 2.15. The summed E-state index contributed by atoms with van der Waals surface area (Å²) in [6.07, 6.45) is 1.54. The van der Waals surface area contributed by atoms with Crippen molar-refractivity contribution in [1.82, 2.24) is 0 Å². The Hall–Kier alpha value is -0.513. The van der Waals surface area contributed by atoms with Crippen molar-refractivity contribution in [3.8, 4) is 0 Å². The summed E-state index contributed by atoms with van der Waals surface area (Å²) >= 11 is 0. The molecule has 0 bridgehead atoms. The van der Waals surface area contributed by atoms with Crippen molar-refractivity contribution in [3.63, 3.8) is 0 Å². The van der Waals surface area contributed by atoms with Gasteiger partial charge in [0.2, 0.25) is 0 Å². The van der Waals surface area contributed by atoms with Crippen LogP contribution in [0.4, 0.5) is 0 Å². The monoisotopic (exact) mass is 141 g/mol. The van der Waals surface area contributed by atoms with Crippen LogP contribution in [0.3, 0.4) is 0 Å². The Kier molecular flexibility index (Phi) is 1.48. The SMILES string of the molecule is C[Si](C)(C)C1N=CN=N1. The van der Waals surface area contributed by atoms with Crippen LogP contribution in [0.2, 0.25) is 19.6 Å². The normalized spacial score (nSPS) is 25.4. The topological polar surface area (TPSA) is 37.1 Å². The molecule has 1 atom stereocenters. The first-order valence-electron chi connectivity index (χ1n) is 3.02. The van der Waals surface area contributed by atoms with E-state index in [1.165, 1.54) is 0 Å². The highest BCUT2D eigenvalue weighted by molar-refractivity contribution is 6.77. The zero-order valence-corrected chi connectivity index (χ0v) is 7.00. The fourth-order valence-corrected chi connectivity index (χ4v) is 1.54. The van der Waals surface area contributed by atoms with Crippen molar-refractivity contribution in [3.05, 3.63) is 0 Å². The van der Waals surface area contributed by atoms with E-state index in [4.69, 9.17) is 0 Å². The number of rotatable bonds is 1. The van der Waals surface area contributed by atoms with Crippen molar-refractivity contribution in [2.24, 2.45) is 15.2 Å². The molecule has 9 heavy (non-hydrogen) atoms. The molecule has 0 aliphatic carbocycles. The minimum atomic E-state index is -1.18. The van der Waals surface area contributed by atoms with Gasteiger partial charge in [-0.2, -0.15) is 5.11 Å². The minimum Gasteiger partial charge on any atom is -0.247 e. The number of azo groups is 1. The molecular weight excluding hydrogens is 130 g/mol. The fourth-order valence-electron chi connectivity index (χ4n) is 0.613. The van der Waals surface area contributed by atoms with Crippen LogP contribution in [0.15, 0.2) is 15.2 Å². The molecular formula is C5H11N3Si. The molecule has 0 saturated carbocycles. The highest BCUT2D eigenvalue weighted by Gasteiger charge is 2.27. The molecule has 1 aliphatic heterocycles. The molecule has 0 aromatic carbocycles. The van der Waals surface area contributed by atoms with Crippen molar-refractivity contribution in [2.75, 3.05) is 0 Å². The van der Waals surface area contributed by atoms with Gasteiger partial charge in [-0.15, -0.1) is 5.11 Å². The summed E-state index contributed by atoms with van der Waals surface area (Å²) in [6.45, 7) is 6.71. The van der Waals surface area contributed by atoms with Crippen LogP contribution in [-0.4, -0.2) is 20.2 Å². The first kappa shape index (κ1) is 6.60. The molecule has 0 fully saturated rings. The Balaban J connectivity index is 2.64. The average molecular weight is 141 g/mol. The summed E-state index contributed by atoms with van der Waals surface area (Å²) in [7, 11) is -1.18. The second-order valence-electron chi connectivity index (χ2n) is 3.24. The van der Waals surface area contributed by atoms with E-state index in [-0.39, 0.29) is 5.79 Å². The van der Waals surface area contributed by atoms with E-state index in [2.05, 4.69) is 34.9 Å². The van der Waals surface area contributed by atoms with Crippen LogP contribution < -0.4 is 0 Å². The number of hydrogen-bond acceptors (Lipinski definition) is 3. The van der Waals surface area contributed by atoms with Gasteiger partial charge < -0.3 is 0 Å². The molecule has 1 aliphatic rings. The molecule has 0 spiro atoms. The standard InChI is InChI=1S/C5H11N3Si/c1-9(2,3)5-6-4-7-8-5/h4-5H,1-3H3. The molecule has 0 N–H and O–H groups in total. The molecule has 4 heteroatoms. The van der Waals surface area contributed by atoms with E-state index in [1.807, 2.05) is 0 Å². The van der Waals surface area contributed by atoms with Crippen molar-refractivity contribution in [2.45, 2.75) is 25.4 Å². The van der Waals surface area contributed by atoms with E-state index < -0.39 is 8.07 Å². The van der Waals surface area contributed by atoms with Gasteiger partial charge in [-0.05, 0) is 0 Å². The lowest BCUT2D eigenvalue weighted by Crippen LogP contribution is -2.33. The third-order valence-corrected chi connectivity index (χ3v) is 3.02. The summed E-state index contributed by atoms with van der Waals surface area (Å²) in [4.78, 5) is 4.11. The molecule has 0 aromatic heterocycles. The summed E-state index contributed by atoms with van der Waals surface area (Å²) in [5, 5.41) is 7.67. The second kappa shape index (κ2) is 2.02. The zero-order valence-electron chi connectivity index (χ0n) is 6.00. The maximum atomic E-state index is 4.11. The Morgan fingerprint density at radius 2 is 2.00 bits per heavy atom. The lowest BCUT2D eigenvalue weighted by atomic mass is 11.1. The minimum absolute atomic E-state index is 0.178. The smallest absolute Gasteiger partial charge is 0.148 e. The Labute approximate surface area is 55.9 Å². The van der Waals surface area contributed by atoms with Crippen LogP contribution >= 0.6 is 0 Å². The predicted molar refractivity (Wildman–Crippen MR) is 40.5 cm³/mol. The van der Waals surface area contributed by atoms with Gasteiger partial charge >= 0.3 is 0 Å². The number of nitrogens with zero attached hydrogens (tertiary/aromatic N) is 3. The van der Waals surface area contributed by atoms with Crippen LogP contribution in [0.25, 0.3) is 0 Å². The molecule has 0 radical (unpaired) electrons. The zero-order chi connectivity index (χ0) is 6.91. The Morgan fingerprint density at radius 1 is 1.33 bits per heavy atom. The second-order valence-corrected chi connectivity index (χ2v) is 8.48. The van der Waals surface area contributed by atoms with E-state index in [1.54, 1.807) is 6.34 Å². The van der Waals surface area contributed by atoms with Gasteiger partial charge in [-0.25, -0.2) is 4.99 Å². The van der Waals surface area contributed by atoms with Crippen LogP contribution in [0.5, 0.6) is 0 Å². The first-order valence-corrected chi connectivity index (χ1v) is 6.60. The lowest BCUT2D eigenvalue weighted by Gasteiger charge is -2.16. The van der Waals surface area contributed by atoms with Gasteiger partial charge in [0.15, 0.2) is 0 Å². The Morgan fingerprint density at radius 3 is 2.22 bits per heavy atom. The molecule has 0 amide bonds. The molecule has 0 aromatic rings. The highest BCUT2D eigenvalue weighted by atomic mass is 28.3. The quantitative estimate of drug-likeness (QED) is 0.498. The summed E-state index contributed by atoms with van der Waals surface area (Å²) in [5.74, 6) is 0.178. The summed E-state index contributed by atoms with van der Waals surface area (Å²) in [5.41, 5.74) is 0. The number of aliphatic imine (C=N–C) groups is 1.